The fourth-order valence-electron chi connectivity index (χ4n) is 1.55. The molecule has 19 heavy (non-hydrogen) atoms. The van der Waals surface area contributed by atoms with Crippen molar-refractivity contribution in [2.75, 3.05) is 32.6 Å². The smallest absolute Gasteiger partial charge is 0.287 e. The molecule has 0 amide bonds. The highest BCUT2D eigenvalue weighted by Crippen LogP contribution is 2.16. The molecule has 0 aromatic carbocycles. The Morgan fingerprint density at radius 1 is 1.58 bits per heavy atom. The first kappa shape index (κ1) is 15.9. The van der Waals surface area contributed by atoms with E-state index in [-0.39, 0.29) is 23.2 Å². The van der Waals surface area contributed by atoms with Crippen molar-refractivity contribution in [3.05, 3.63) is 21.6 Å². The minimum Gasteiger partial charge on any atom is -0.396 e. The topological polar surface area (TPSA) is 70.4 Å². The van der Waals surface area contributed by atoms with Gasteiger partial charge in [-0.15, -0.1) is 0 Å². The molecule has 1 atom stereocenters. The largest absolute Gasteiger partial charge is 0.396 e. The number of hydrogen-bond donors (Lipinski definition) is 2. The summed E-state index contributed by atoms with van der Waals surface area (Å²) in [4.78, 5) is 14.0. The summed E-state index contributed by atoms with van der Waals surface area (Å²) in [5.41, 5.74) is 0.207. The Bertz CT molecular complexity index is 462. The molecule has 1 rings (SSSR count). The SMILES string of the molecule is CC(CCO)Nc1cnn(CCN(C)C)c(=O)c1Cl. The molecule has 0 saturated heterocycles. The van der Waals surface area contributed by atoms with Crippen molar-refractivity contribution in [3.8, 4) is 0 Å². The van der Waals surface area contributed by atoms with Crippen LogP contribution >= 0.6 is 11.6 Å². The summed E-state index contributed by atoms with van der Waals surface area (Å²) in [7, 11) is 3.86. The summed E-state index contributed by atoms with van der Waals surface area (Å²) < 4.78 is 1.35. The lowest BCUT2D eigenvalue weighted by molar-refractivity contribution is 0.282. The molecule has 108 valence electrons. The lowest BCUT2D eigenvalue weighted by Crippen LogP contribution is -2.30. The van der Waals surface area contributed by atoms with Crippen LogP contribution in [0.2, 0.25) is 5.02 Å². The van der Waals surface area contributed by atoms with E-state index in [1.165, 1.54) is 4.68 Å². The van der Waals surface area contributed by atoms with Crippen molar-refractivity contribution in [2.45, 2.75) is 25.9 Å². The molecule has 0 saturated carbocycles. The second-order valence-corrected chi connectivity index (χ2v) is 5.14. The highest BCUT2D eigenvalue weighted by Gasteiger charge is 2.11. The first-order valence-electron chi connectivity index (χ1n) is 6.23. The van der Waals surface area contributed by atoms with Gasteiger partial charge >= 0.3 is 0 Å². The van der Waals surface area contributed by atoms with Crippen LogP contribution in [0, 0.1) is 0 Å². The van der Waals surface area contributed by atoms with Crippen LogP contribution in [0.5, 0.6) is 0 Å². The van der Waals surface area contributed by atoms with Gasteiger partial charge in [-0.25, -0.2) is 4.68 Å². The Morgan fingerprint density at radius 3 is 2.84 bits per heavy atom. The van der Waals surface area contributed by atoms with Gasteiger partial charge < -0.3 is 15.3 Å². The zero-order valence-corrected chi connectivity index (χ0v) is 12.3. The Kier molecular flexibility index (Phi) is 6.27. The first-order chi connectivity index (χ1) is 8.95. The number of likely N-dealkylation sites (N-methyl/N-ethyl adjacent to an activating group) is 1. The summed E-state index contributed by atoms with van der Waals surface area (Å²) >= 11 is 6.05. The van der Waals surface area contributed by atoms with E-state index in [1.807, 2.05) is 25.9 Å². The predicted molar refractivity (Wildman–Crippen MR) is 76.8 cm³/mol. The number of nitrogens with one attached hydrogen (secondary N) is 1. The minimum atomic E-state index is -0.301. The van der Waals surface area contributed by atoms with Gasteiger partial charge in [0.25, 0.3) is 5.56 Å². The monoisotopic (exact) mass is 288 g/mol. The Hall–Kier alpha value is -1.11. The van der Waals surface area contributed by atoms with Gasteiger partial charge in [-0.05, 0) is 27.4 Å². The number of rotatable bonds is 7. The Balaban J connectivity index is 2.82. The molecule has 0 radical (unpaired) electrons. The fourth-order valence-corrected chi connectivity index (χ4v) is 1.75. The molecule has 1 heterocycles. The molecular formula is C12H21ClN4O2. The van der Waals surface area contributed by atoms with E-state index in [9.17, 15) is 4.79 Å². The molecule has 0 spiro atoms. The average Bonchev–Trinajstić information content (AvgIpc) is 2.34. The van der Waals surface area contributed by atoms with Gasteiger partial charge in [-0.3, -0.25) is 4.79 Å². The van der Waals surface area contributed by atoms with Crippen LogP contribution in [-0.4, -0.2) is 53.1 Å². The first-order valence-corrected chi connectivity index (χ1v) is 6.61. The molecule has 0 aliphatic carbocycles. The van der Waals surface area contributed by atoms with Gasteiger partial charge in [0.2, 0.25) is 0 Å². The minimum absolute atomic E-state index is 0.0290. The average molecular weight is 289 g/mol. The summed E-state index contributed by atoms with van der Waals surface area (Å²) in [5.74, 6) is 0. The van der Waals surface area contributed by atoms with Crippen molar-refractivity contribution in [1.29, 1.82) is 0 Å². The molecule has 0 aliphatic rings. The summed E-state index contributed by atoms with van der Waals surface area (Å²) in [5, 5.41) is 16.1. The van der Waals surface area contributed by atoms with Gasteiger partial charge in [0, 0.05) is 19.2 Å². The van der Waals surface area contributed by atoms with E-state index < -0.39 is 0 Å². The predicted octanol–water partition coefficient (Wildman–Crippen LogP) is 0.641. The maximum Gasteiger partial charge on any atom is 0.287 e. The van der Waals surface area contributed by atoms with E-state index in [4.69, 9.17) is 16.7 Å². The van der Waals surface area contributed by atoms with Crippen molar-refractivity contribution >= 4 is 17.3 Å². The quantitative estimate of drug-likeness (QED) is 0.771. The van der Waals surface area contributed by atoms with Crippen LogP contribution in [-0.2, 0) is 6.54 Å². The third-order valence-corrected chi connectivity index (χ3v) is 3.07. The van der Waals surface area contributed by atoms with Crippen LogP contribution in [0.1, 0.15) is 13.3 Å². The number of aliphatic hydroxyl groups excluding tert-OH is 1. The van der Waals surface area contributed by atoms with E-state index >= 15 is 0 Å². The summed E-state index contributed by atoms with van der Waals surface area (Å²) in [6.07, 6.45) is 2.13. The maximum atomic E-state index is 12.0. The number of aliphatic hydroxyl groups is 1. The van der Waals surface area contributed by atoms with E-state index in [0.29, 0.717) is 18.7 Å². The fraction of sp³-hybridized carbons (Fsp3) is 0.667. The van der Waals surface area contributed by atoms with Crippen molar-refractivity contribution in [3.63, 3.8) is 0 Å². The highest BCUT2D eigenvalue weighted by molar-refractivity contribution is 6.32. The van der Waals surface area contributed by atoms with E-state index in [1.54, 1.807) is 6.20 Å². The second kappa shape index (κ2) is 7.47. The number of aromatic nitrogens is 2. The standard InChI is InChI=1S/C12H21ClN4O2/c1-9(4-7-18)15-10-8-14-17(6-5-16(2)3)12(19)11(10)13/h8-9,15,18H,4-7H2,1-3H3. The molecule has 1 unspecified atom stereocenters. The molecular weight excluding hydrogens is 268 g/mol. The molecule has 1 aromatic rings. The van der Waals surface area contributed by atoms with Gasteiger partial charge in [0.05, 0.1) is 18.4 Å². The molecule has 7 heteroatoms. The van der Waals surface area contributed by atoms with Crippen LogP contribution in [0.3, 0.4) is 0 Å². The number of hydrogen-bond acceptors (Lipinski definition) is 5. The van der Waals surface area contributed by atoms with Gasteiger partial charge in [-0.1, -0.05) is 11.6 Å². The van der Waals surface area contributed by atoms with Crippen molar-refractivity contribution in [1.82, 2.24) is 14.7 Å². The molecule has 0 aliphatic heterocycles. The van der Waals surface area contributed by atoms with Gasteiger partial charge in [0.15, 0.2) is 0 Å². The number of nitrogens with zero attached hydrogens (tertiary/aromatic N) is 3. The van der Waals surface area contributed by atoms with Gasteiger partial charge in [0.1, 0.15) is 5.02 Å². The van der Waals surface area contributed by atoms with Crippen LogP contribution in [0.25, 0.3) is 0 Å². The third-order valence-electron chi connectivity index (χ3n) is 2.71. The Labute approximate surface area is 118 Å². The third kappa shape index (κ3) is 4.81. The lowest BCUT2D eigenvalue weighted by atomic mass is 10.2. The summed E-state index contributed by atoms with van der Waals surface area (Å²) in [6, 6.07) is 0.0290. The zero-order chi connectivity index (χ0) is 14.4. The van der Waals surface area contributed by atoms with Crippen LogP contribution < -0.4 is 10.9 Å². The number of anilines is 1. The maximum absolute atomic E-state index is 12.0. The Morgan fingerprint density at radius 2 is 2.26 bits per heavy atom. The van der Waals surface area contributed by atoms with E-state index in [0.717, 1.165) is 6.54 Å². The van der Waals surface area contributed by atoms with Crippen LogP contribution in [0.4, 0.5) is 5.69 Å². The zero-order valence-electron chi connectivity index (χ0n) is 11.6. The van der Waals surface area contributed by atoms with Crippen molar-refractivity contribution < 1.29 is 5.11 Å². The molecule has 6 nitrogen and oxygen atoms in total. The highest BCUT2D eigenvalue weighted by atomic mass is 35.5. The van der Waals surface area contributed by atoms with Gasteiger partial charge in [-0.2, -0.15) is 5.10 Å². The molecule has 0 fully saturated rings. The lowest BCUT2D eigenvalue weighted by Gasteiger charge is -2.16. The molecule has 0 bridgehead atoms. The van der Waals surface area contributed by atoms with E-state index in [2.05, 4.69) is 10.4 Å². The van der Waals surface area contributed by atoms with Crippen molar-refractivity contribution in [2.24, 2.45) is 0 Å². The molecule has 1 aromatic heterocycles. The molecule has 2 N–H and O–H groups in total. The second-order valence-electron chi connectivity index (χ2n) is 4.76. The normalized spacial score (nSPS) is 12.7. The summed E-state index contributed by atoms with van der Waals surface area (Å²) in [6.45, 7) is 3.21. The number of halogens is 1. The van der Waals surface area contributed by atoms with Crippen LogP contribution in [0.15, 0.2) is 11.0 Å².